The van der Waals surface area contributed by atoms with Gasteiger partial charge in [-0.3, -0.25) is 4.90 Å². The van der Waals surface area contributed by atoms with Crippen molar-refractivity contribution in [1.82, 2.24) is 4.90 Å². The molecule has 2 aromatic rings. The minimum atomic E-state index is -4.56. The van der Waals surface area contributed by atoms with Crippen LogP contribution in [0.4, 0.5) is 8.78 Å². The van der Waals surface area contributed by atoms with E-state index >= 15 is 0 Å². The highest BCUT2D eigenvalue weighted by atomic mass is 35.5. The molecule has 1 heterocycles. The second kappa shape index (κ2) is 7.80. The summed E-state index contributed by atoms with van der Waals surface area (Å²) >= 11 is 12.1. The highest BCUT2D eigenvalue weighted by Gasteiger charge is 2.28. The topological polar surface area (TPSA) is 37.4 Å². The average Bonchev–Trinajstić information content (AvgIpc) is 3.06. The van der Waals surface area contributed by atoms with Gasteiger partial charge >= 0.3 is 5.76 Å². The predicted molar refractivity (Wildman–Crippen MR) is 98.5 cm³/mol. The van der Waals surface area contributed by atoms with E-state index in [1.54, 1.807) is 18.2 Å². The maximum atomic E-state index is 12.6. The third kappa shape index (κ3) is 4.03. The summed E-state index contributed by atoms with van der Waals surface area (Å²) in [5.41, 5.74) is 1.94. The first kappa shape index (κ1) is 19.5. The van der Waals surface area contributed by atoms with Gasteiger partial charge < -0.3 is 0 Å². The Kier molecular flexibility index (Phi) is 5.87. The summed E-state index contributed by atoms with van der Waals surface area (Å²) in [4.78, 5) is 1.90. The quantitative estimate of drug-likeness (QED) is 0.657. The molecule has 1 atom stereocenters. The second-order valence-electron chi connectivity index (χ2n) is 6.25. The number of nitrogens with zero attached hydrogens (tertiary/aromatic N) is 1. The number of likely N-dealkylation sites (tertiary alicyclic amines) is 1. The molecule has 8 heteroatoms. The van der Waals surface area contributed by atoms with Gasteiger partial charge in [0.05, 0.1) is 14.9 Å². The van der Waals surface area contributed by atoms with Crippen LogP contribution >= 0.6 is 23.2 Å². The van der Waals surface area contributed by atoms with Crippen LogP contribution in [0.5, 0.6) is 0 Å². The van der Waals surface area contributed by atoms with Crippen molar-refractivity contribution in [2.24, 2.45) is 0 Å². The van der Waals surface area contributed by atoms with Crippen molar-refractivity contribution in [1.29, 1.82) is 0 Å². The first-order chi connectivity index (χ1) is 12.3. The van der Waals surface area contributed by atoms with Crippen LogP contribution in [-0.2, 0) is 16.4 Å². The minimum absolute atomic E-state index is 0.189. The van der Waals surface area contributed by atoms with Gasteiger partial charge in [-0.1, -0.05) is 41.4 Å². The smallest absolute Gasteiger partial charge is 0.292 e. The van der Waals surface area contributed by atoms with Crippen molar-refractivity contribution in [3.05, 3.63) is 63.6 Å². The SMILES string of the molecule is O=S(=O)(c1ccc(CN2CCCC2c2ccc(Cl)c(Cl)c2)cc1)C(F)F. The molecule has 0 aromatic heterocycles. The fraction of sp³-hybridized carbons (Fsp3) is 0.333. The molecule has 26 heavy (non-hydrogen) atoms. The number of benzene rings is 2. The molecule has 0 radical (unpaired) electrons. The molecule has 0 bridgehead atoms. The minimum Gasteiger partial charge on any atom is -0.292 e. The molecule has 0 saturated carbocycles. The molecule has 1 aliphatic rings. The van der Waals surface area contributed by atoms with E-state index in [4.69, 9.17) is 23.2 Å². The monoisotopic (exact) mass is 419 g/mol. The van der Waals surface area contributed by atoms with E-state index in [1.807, 2.05) is 12.1 Å². The summed E-state index contributed by atoms with van der Waals surface area (Å²) in [5, 5.41) is 1.02. The zero-order valence-electron chi connectivity index (χ0n) is 13.7. The van der Waals surface area contributed by atoms with Gasteiger partial charge in [0, 0.05) is 12.6 Å². The largest absolute Gasteiger partial charge is 0.341 e. The molecule has 0 spiro atoms. The number of alkyl halides is 2. The summed E-state index contributed by atoms with van der Waals surface area (Å²) in [6.07, 6.45) is 2.01. The van der Waals surface area contributed by atoms with Crippen LogP contribution in [0.25, 0.3) is 0 Å². The first-order valence-electron chi connectivity index (χ1n) is 8.09. The zero-order valence-corrected chi connectivity index (χ0v) is 16.0. The second-order valence-corrected chi connectivity index (χ2v) is 8.98. The summed E-state index contributed by atoms with van der Waals surface area (Å²) in [5.74, 6) is -3.41. The lowest BCUT2D eigenvalue weighted by molar-refractivity contribution is 0.234. The van der Waals surface area contributed by atoms with Crippen LogP contribution in [0.15, 0.2) is 47.4 Å². The Balaban J connectivity index is 1.76. The molecule has 1 saturated heterocycles. The van der Waals surface area contributed by atoms with E-state index in [9.17, 15) is 17.2 Å². The van der Waals surface area contributed by atoms with Crippen LogP contribution in [0.1, 0.15) is 30.0 Å². The third-order valence-corrected chi connectivity index (χ3v) is 6.70. The van der Waals surface area contributed by atoms with Gasteiger partial charge in [-0.25, -0.2) is 8.42 Å². The van der Waals surface area contributed by atoms with Crippen LogP contribution in [0, 0.1) is 0 Å². The molecule has 0 amide bonds. The summed E-state index contributed by atoms with van der Waals surface area (Å²) in [6, 6.07) is 11.4. The molecule has 140 valence electrons. The zero-order chi connectivity index (χ0) is 18.9. The number of hydrogen-bond donors (Lipinski definition) is 0. The molecular formula is C18H17Cl2F2NO2S. The molecule has 3 nitrogen and oxygen atoms in total. The lowest BCUT2D eigenvalue weighted by atomic mass is 10.0. The molecule has 0 aliphatic carbocycles. The molecule has 3 rings (SSSR count). The van der Waals surface area contributed by atoms with Gasteiger partial charge in [0.25, 0.3) is 0 Å². The Morgan fingerprint density at radius 1 is 1.08 bits per heavy atom. The van der Waals surface area contributed by atoms with Crippen molar-refractivity contribution in [3.8, 4) is 0 Å². The number of halogens is 4. The number of sulfone groups is 1. The highest BCUT2D eigenvalue weighted by Crippen LogP contribution is 2.36. The van der Waals surface area contributed by atoms with Gasteiger partial charge in [0.1, 0.15) is 0 Å². The highest BCUT2D eigenvalue weighted by molar-refractivity contribution is 7.91. The lowest BCUT2D eigenvalue weighted by Gasteiger charge is -2.25. The van der Waals surface area contributed by atoms with E-state index in [0.717, 1.165) is 30.5 Å². The van der Waals surface area contributed by atoms with Crippen molar-refractivity contribution < 1.29 is 17.2 Å². The van der Waals surface area contributed by atoms with Gasteiger partial charge in [-0.15, -0.1) is 0 Å². The molecular weight excluding hydrogens is 403 g/mol. The van der Waals surface area contributed by atoms with Crippen molar-refractivity contribution in [3.63, 3.8) is 0 Å². The molecule has 1 aliphatic heterocycles. The lowest BCUT2D eigenvalue weighted by Crippen LogP contribution is -2.22. The Bertz CT molecular complexity index is 889. The van der Waals surface area contributed by atoms with Crippen molar-refractivity contribution >= 4 is 33.0 Å². The van der Waals surface area contributed by atoms with Crippen LogP contribution in [0.3, 0.4) is 0 Å². The summed E-state index contributed by atoms with van der Waals surface area (Å²) in [7, 11) is -4.56. The van der Waals surface area contributed by atoms with E-state index in [1.165, 1.54) is 12.1 Å². The van der Waals surface area contributed by atoms with E-state index in [-0.39, 0.29) is 10.9 Å². The first-order valence-corrected chi connectivity index (χ1v) is 10.4. The number of hydrogen-bond acceptors (Lipinski definition) is 3. The van der Waals surface area contributed by atoms with Crippen molar-refractivity contribution in [2.75, 3.05) is 6.54 Å². The standard InChI is InChI=1S/C18H17Cl2F2NO2S/c19-15-8-5-13(10-16(15)20)17-2-1-9-23(17)11-12-3-6-14(7-4-12)26(24,25)18(21)22/h3-8,10,17-18H,1-2,9,11H2. The Morgan fingerprint density at radius 2 is 1.77 bits per heavy atom. The molecule has 1 fully saturated rings. The van der Waals surface area contributed by atoms with Gasteiger partial charge in [-0.2, -0.15) is 8.78 Å². The fourth-order valence-electron chi connectivity index (χ4n) is 3.23. The van der Waals surface area contributed by atoms with Gasteiger partial charge in [0.15, 0.2) is 0 Å². The number of rotatable bonds is 5. The molecule has 0 N–H and O–H groups in total. The normalized spacial score (nSPS) is 18.6. The predicted octanol–water partition coefficient (Wildman–Crippen LogP) is 5.33. The van der Waals surface area contributed by atoms with Crippen LogP contribution in [-0.4, -0.2) is 25.6 Å². The van der Waals surface area contributed by atoms with E-state index in [0.29, 0.717) is 16.6 Å². The Labute approximate surface area is 161 Å². The Morgan fingerprint density at radius 3 is 2.38 bits per heavy atom. The van der Waals surface area contributed by atoms with E-state index in [2.05, 4.69) is 4.90 Å². The Hall–Kier alpha value is -1.21. The van der Waals surface area contributed by atoms with Gasteiger partial charge in [0.2, 0.25) is 9.84 Å². The third-order valence-electron chi connectivity index (χ3n) is 4.56. The van der Waals surface area contributed by atoms with Crippen LogP contribution in [0.2, 0.25) is 10.0 Å². The van der Waals surface area contributed by atoms with Gasteiger partial charge in [-0.05, 0) is 54.8 Å². The maximum Gasteiger partial charge on any atom is 0.341 e. The van der Waals surface area contributed by atoms with Crippen LogP contribution < -0.4 is 0 Å². The van der Waals surface area contributed by atoms with E-state index < -0.39 is 15.6 Å². The van der Waals surface area contributed by atoms with Crippen molar-refractivity contribution in [2.45, 2.75) is 36.1 Å². The maximum absolute atomic E-state index is 12.6. The summed E-state index contributed by atoms with van der Waals surface area (Å²) < 4.78 is 48.2. The molecule has 2 aromatic carbocycles. The fourth-order valence-corrected chi connectivity index (χ4v) is 4.26. The summed E-state index contributed by atoms with van der Waals surface area (Å²) in [6.45, 7) is 1.49. The molecule has 1 unspecified atom stereocenters. The average molecular weight is 420 g/mol.